The molecule has 11 nitrogen and oxygen atoms in total. The van der Waals surface area contributed by atoms with E-state index in [0.717, 1.165) is 12.1 Å². The number of hydrogen-bond donors (Lipinski definition) is 2. The smallest absolute Gasteiger partial charge is 0.338 e. The molecule has 14 heteroatoms. The topological polar surface area (TPSA) is 128 Å². The highest BCUT2D eigenvalue weighted by Crippen LogP contribution is 2.35. The molecule has 2 N–H and O–H groups in total. The Labute approximate surface area is 267 Å². The van der Waals surface area contributed by atoms with Gasteiger partial charge < -0.3 is 20.1 Å². The van der Waals surface area contributed by atoms with Gasteiger partial charge in [-0.1, -0.05) is 18.2 Å². The van der Waals surface area contributed by atoms with Crippen LogP contribution in [-0.2, 0) is 19.7 Å². The maximum absolute atomic E-state index is 14.3. The number of fused-ring (bicyclic) bond motifs is 1. The molecule has 3 aliphatic heterocycles. The number of aromatic nitrogens is 1. The molecule has 2 saturated heterocycles. The second kappa shape index (κ2) is 12.2. The minimum absolute atomic E-state index is 0.128. The van der Waals surface area contributed by atoms with E-state index in [2.05, 4.69) is 15.2 Å². The molecule has 2 aromatic carbocycles. The lowest BCUT2D eigenvalue weighted by Crippen LogP contribution is -2.53. The lowest BCUT2D eigenvalue weighted by molar-refractivity contribution is -0.142. The number of thiazole rings is 1. The average molecular weight is 651 g/mol. The number of esters is 1. The number of halogens is 2. The Morgan fingerprint density at radius 1 is 1.11 bits per heavy atom. The van der Waals surface area contributed by atoms with Gasteiger partial charge in [-0.15, -0.1) is 11.3 Å². The lowest BCUT2D eigenvalue weighted by Gasteiger charge is -2.38. The summed E-state index contributed by atoms with van der Waals surface area (Å²) in [5, 5.41) is 15.2. The maximum atomic E-state index is 14.3. The minimum Gasteiger partial charge on any atom is -0.481 e. The molecule has 0 radical (unpaired) electrons. The molecule has 240 valence electrons. The molecule has 0 bridgehead atoms. The summed E-state index contributed by atoms with van der Waals surface area (Å²) in [6.45, 7) is 5.43. The number of amidine groups is 1. The van der Waals surface area contributed by atoms with E-state index in [0.29, 0.717) is 54.0 Å². The van der Waals surface area contributed by atoms with E-state index in [9.17, 15) is 28.3 Å². The summed E-state index contributed by atoms with van der Waals surface area (Å²) < 4.78 is 33.3. The van der Waals surface area contributed by atoms with E-state index in [-0.39, 0.29) is 29.8 Å². The predicted molar refractivity (Wildman–Crippen MR) is 167 cm³/mol. The summed E-state index contributed by atoms with van der Waals surface area (Å²) >= 11 is 1.34. The molecule has 3 aromatic rings. The van der Waals surface area contributed by atoms with Gasteiger partial charge in [-0.05, 0) is 49.2 Å². The van der Waals surface area contributed by atoms with Crippen molar-refractivity contribution >= 4 is 40.8 Å². The molecule has 2 fully saturated rings. The third-order valence-corrected chi connectivity index (χ3v) is 9.46. The number of anilines is 1. The molecule has 3 aliphatic rings. The highest BCUT2D eigenvalue weighted by molar-refractivity contribution is 7.11. The number of methoxy groups -OCH3 is 1. The van der Waals surface area contributed by atoms with Crippen molar-refractivity contribution in [1.82, 2.24) is 20.1 Å². The number of amides is 2. The van der Waals surface area contributed by atoms with Crippen LogP contribution in [0.15, 0.2) is 70.3 Å². The zero-order valence-corrected chi connectivity index (χ0v) is 26.2. The van der Waals surface area contributed by atoms with Crippen LogP contribution in [-0.4, -0.2) is 89.6 Å². The van der Waals surface area contributed by atoms with Crippen LogP contribution >= 0.6 is 11.3 Å². The van der Waals surface area contributed by atoms with Crippen molar-refractivity contribution in [3.63, 3.8) is 0 Å². The van der Waals surface area contributed by atoms with Crippen LogP contribution < -0.4 is 10.2 Å². The number of hydrogen-bond acceptors (Lipinski definition) is 9. The van der Waals surface area contributed by atoms with Crippen LogP contribution in [0.25, 0.3) is 0 Å². The molecule has 0 spiro atoms. The zero-order valence-electron chi connectivity index (χ0n) is 25.4. The van der Waals surface area contributed by atoms with Gasteiger partial charge in [0.2, 0.25) is 0 Å². The molecule has 6 rings (SSSR count). The fraction of sp³-hybridized carbons (Fsp3) is 0.344. The molecule has 0 unspecified atom stereocenters. The third kappa shape index (κ3) is 5.73. The minimum atomic E-state index is -1.07. The lowest BCUT2D eigenvalue weighted by atomic mass is 9.85. The fourth-order valence-corrected chi connectivity index (χ4v) is 6.57. The van der Waals surface area contributed by atoms with Crippen molar-refractivity contribution < 1.29 is 33.0 Å². The molecule has 0 aliphatic carbocycles. The quantitative estimate of drug-likeness (QED) is 0.352. The van der Waals surface area contributed by atoms with E-state index in [1.807, 2.05) is 4.90 Å². The van der Waals surface area contributed by atoms with Gasteiger partial charge in [0.25, 0.3) is 0 Å². The van der Waals surface area contributed by atoms with Gasteiger partial charge in [0, 0.05) is 55.7 Å². The molecule has 4 heterocycles. The van der Waals surface area contributed by atoms with Crippen molar-refractivity contribution in [2.45, 2.75) is 31.3 Å². The van der Waals surface area contributed by atoms with Crippen LogP contribution in [0.1, 0.15) is 36.0 Å². The first-order chi connectivity index (χ1) is 22.0. The number of carbonyl (C=O) groups is 3. The SMILES string of the molecule is COC(=O)C1=C(CN2CCN3C(=O)N(c4ccc(C(C)(C)C(=O)O)cc4)C[C@@H]3C2)NC(c2nccs2)=N[C@H]1c1ccc(F)c(F)c1. The molecular weight excluding hydrogens is 618 g/mol. The van der Waals surface area contributed by atoms with Crippen LogP contribution in [0.4, 0.5) is 19.3 Å². The van der Waals surface area contributed by atoms with Crippen molar-refractivity contribution in [1.29, 1.82) is 0 Å². The second-order valence-electron chi connectivity index (χ2n) is 11.9. The van der Waals surface area contributed by atoms with E-state index >= 15 is 0 Å². The van der Waals surface area contributed by atoms with E-state index in [1.165, 1.54) is 24.5 Å². The summed E-state index contributed by atoms with van der Waals surface area (Å²) in [5.74, 6) is -3.27. The van der Waals surface area contributed by atoms with Crippen molar-refractivity contribution in [2.24, 2.45) is 4.99 Å². The Balaban J connectivity index is 1.25. The van der Waals surface area contributed by atoms with E-state index < -0.39 is 35.0 Å². The van der Waals surface area contributed by atoms with Gasteiger partial charge in [0.05, 0.1) is 24.1 Å². The summed E-state index contributed by atoms with van der Waals surface area (Å²) in [7, 11) is 1.25. The molecule has 1 aromatic heterocycles. The molecule has 2 atom stereocenters. The normalized spacial score (nSPS) is 20.4. The largest absolute Gasteiger partial charge is 0.481 e. The Morgan fingerprint density at radius 2 is 1.87 bits per heavy atom. The van der Waals surface area contributed by atoms with Crippen LogP contribution in [0.5, 0.6) is 0 Å². The van der Waals surface area contributed by atoms with Gasteiger partial charge in [-0.2, -0.15) is 0 Å². The van der Waals surface area contributed by atoms with Crippen molar-refractivity contribution in [3.8, 4) is 0 Å². The van der Waals surface area contributed by atoms with Crippen LogP contribution in [0.2, 0.25) is 0 Å². The number of nitrogens with zero attached hydrogens (tertiary/aromatic N) is 5. The number of piperazine rings is 1. The number of nitrogens with one attached hydrogen (secondary N) is 1. The molecule has 0 saturated carbocycles. The van der Waals surface area contributed by atoms with Gasteiger partial charge in [-0.25, -0.2) is 23.4 Å². The third-order valence-electron chi connectivity index (χ3n) is 8.68. The number of aliphatic imine (C=N–C) groups is 1. The average Bonchev–Trinajstić information content (AvgIpc) is 3.70. The molecular formula is C32H32F2N6O5S. The van der Waals surface area contributed by atoms with Crippen molar-refractivity contribution in [2.75, 3.05) is 44.7 Å². The van der Waals surface area contributed by atoms with Gasteiger partial charge in [0.1, 0.15) is 6.04 Å². The second-order valence-corrected chi connectivity index (χ2v) is 12.7. The number of urea groups is 1. The number of carboxylic acid groups (broad SMARTS) is 1. The standard InChI is InChI=1S/C32H32F2N6O5S/c1-32(2,30(42)43)19-5-7-20(8-6-19)40-16-21-15-38(11-12-39(21)31(40)44)17-24-25(29(41)45-3)26(18-4-9-22(33)23(34)14-18)37-27(36-24)28-35-10-13-46-28/h4-10,13-14,21,26H,11-12,15-17H2,1-3H3,(H,36,37)(H,42,43)/t21-,26-/m0/s1. The Morgan fingerprint density at radius 3 is 2.52 bits per heavy atom. The number of rotatable bonds is 8. The van der Waals surface area contributed by atoms with Crippen LogP contribution in [0.3, 0.4) is 0 Å². The fourth-order valence-electron chi connectivity index (χ4n) is 5.98. The van der Waals surface area contributed by atoms with E-state index in [4.69, 9.17) is 9.73 Å². The number of aliphatic carboxylic acids is 1. The summed E-state index contributed by atoms with van der Waals surface area (Å²) in [4.78, 5) is 53.0. The van der Waals surface area contributed by atoms with E-state index in [1.54, 1.807) is 54.6 Å². The summed E-state index contributed by atoms with van der Waals surface area (Å²) in [6, 6.07) is 9.19. The Kier molecular flexibility index (Phi) is 8.33. The van der Waals surface area contributed by atoms with Gasteiger partial charge >= 0.3 is 18.0 Å². The number of carboxylic acids is 1. The number of benzene rings is 2. The van der Waals surface area contributed by atoms with Gasteiger partial charge in [-0.3, -0.25) is 19.6 Å². The highest BCUT2D eigenvalue weighted by atomic mass is 32.1. The van der Waals surface area contributed by atoms with Gasteiger partial charge in [0.15, 0.2) is 22.5 Å². The van der Waals surface area contributed by atoms with Crippen LogP contribution in [0, 0.1) is 11.6 Å². The number of carbonyl (C=O) groups excluding carboxylic acids is 2. The Bertz CT molecular complexity index is 1740. The Hall–Kier alpha value is -4.69. The predicted octanol–water partition coefficient (Wildman–Crippen LogP) is 3.93. The first kappa shape index (κ1) is 31.3. The zero-order chi connectivity index (χ0) is 32.7. The molecule has 46 heavy (non-hydrogen) atoms. The highest BCUT2D eigenvalue weighted by Gasteiger charge is 2.42. The summed E-state index contributed by atoms with van der Waals surface area (Å²) in [6.07, 6.45) is 1.62. The molecule has 2 amide bonds. The first-order valence-electron chi connectivity index (χ1n) is 14.6. The summed E-state index contributed by atoms with van der Waals surface area (Å²) in [5.41, 5.74) is 1.20. The van der Waals surface area contributed by atoms with Crippen molar-refractivity contribution in [3.05, 3.63) is 93.1 Å². The number of ether oxygens (including phenoxy) is 1. The monoisotopic (exact) mass is 650 g/mol. The maximum Gasteiger partial charge on any atom is 0.338 e. The first-order valence-corrected chi connectivity index (χ1v) is 15.5.